The van der Waals surface area contributed by atoms with Gasteiger partial charge >= 0.3 is 6.18 Å². The first-order valence-electron chi connectivity index (χ1n) is 11.1. The van der Waals surface area contributed by atoms with Crippen molar-refractivity contribution in [1.29, 1.82) is 0 Å². The second kappa shape index (κ2) is 10.4. The Morgan fingerprint density at radius 1 is 1.03 bits per heavy atom. The fourth-order valence-electron chi connectivity index (χ4n) is 3.83. The van der Waals surface area contributed by atoms with Crippen LogP contribution in [0.4, 0.5) is 13.2 Å². The van der Waals surface area contributed by atoms with Gasteiger partial charge in [-0.2, -0.15) is 17.5 Å². The highest BCUT2D eigenvalue weighted by Gasteiger charge is 2.40. The monoisotopic (exact) mass is 511 g/mol. The first-order valence-corrected chi connectivity index (χ1v) is 12.6. The number of sulfonamides is 1. The second-order valence-electron chi connectivity index (χ2n) is 8.73. The number of hydrogen-bond donors (Lipinski definition) is 1. The van der Waals surface area contributed by atoms with Crippen LogP contribution >= 0.6 is 0 Å². The molecule has 2 aromatic rings. The van der Waals surface area contributed by atoms with E-state index in [0.717, 1.165) is 22.0 Å². The summed E-state index contributed by atoms with van der Waals surface area (Å²) in [4.78, 5) is 26.4. The van der Waals surface area contributed by atoms with Crippen LogP contribution in [-0.2, 0) is 32.3 Å². The van der Waals surface area contributed by atoms with Gasteiger partial charge in [0.15, 0.2) is 0 Å². The van der Waals surface area contributed by atoms with Crippen molar-refractivity contribution >= 4 is 21.8 Å². The van der Waals surface area contributed by atoms with E-state index >= 15 is 0 Å². The zero-order valence-corrected chi connectivity index (χ0v) is 20.5. The number of carbonyl (C=O) groups excluding carboxylic acids is 2. The molecule has 35 heavy (non-hydrogen) atoms. The van der Waals surface area contributed by atoms with Crippen LogP contribution in [0.2, 0.25) is 0 Å². The summed E-state index contributed by atoms with van der Waals surface area (Å²) in [7, 11) is -4.04. The van der Waals surface area contributed by atoms with Crippen LogP contribution in [0.1, 0.15) is 43.4 Å². The number of amides is 2. The van der Waals surface area contributed by atoms with Crippen molar-refractivity contribution in [1.82, 2.24) is 14.5 Å². The lowest BCUT2D eigenvalue weighted by Crippen LogP contribution is -2.61. The number of hydrogen-bond acceptors (Lipinski definition) is 4. The van der Waals surface area contributed by atoms with E-state index < -0.39 is 33.7 Å². The molecule has 2 amide bonds. The van der Waals surface area contributed by atoms with Crippen LogP contribution in [0.15, 0.2) is 53.4 Å². The Kier molecular flexibility index (Phi) is 7.90. The van der Waals surface area contributed by atoms with E-state index in [0.29, 0.717) is 5.56 Å². The number of alkyl halides is 3. The molecular weight excluding hydrogens is 483 g/mol. The van der Waals surface area contributed by atoms with Gasteiger partial charge in [0.1, 0.15) is 6.04 Å². The smallest absolute Gasteiger partial charge is 0.351 e. The van der Waals surface area contributed by atoms with Crippen molar-refractivity contribution < 1.29 is 31.2 Å². The average molecular weight is 512 g/mol. The molecule has 1 heterocycles. The number of halogens is 3. The van der Waals surface area contributed by atoms with E-state index in [2.05, 4.69) is 5.32 Å². The Balaban J connectivity index is 1.80. The first kappa shape index (κ1) is 26.7. The van der Waals surface area contributed by atoms with Gasteiger partial charge in [0.05, 0.1) is 10.5 Å². The molecule has 0 aliphatic carbocycles. The third-order valence-corrected chi connectivity index (χ3v) is 7.90. The largest absolute Gasteiger partial charge is 0.416 e. The van der Waals surface area contributed by atoms with Crippen molar-refractivity contribution in [3.8, 4) is 0 Å². The molecule has 11 heteroatoms. The highest BCUT2D eigenvalue weighted by molar-refractivity contribution is 7.89. The van der Waals surface area contributed by atoms with Crippen molar-refractivity contribution in [3.05, 3.63) is 65.2 Å². The summed E-state index contributed by atoms with van der Waals surface area (Å²) in [5.74, 6) is -0.711. The number of nitrogens with zero attached hydrogens (tertiary/aromatic N) is 2. The third-order valence-electron chi connectivity index (χ3n) is 5.98. The van der Waals surface area contributed by atoms with Gasteiger partial charge in [0.2, 0.25) is 21.8 Å². The van der Waals surface area contributed by atoms with Gasteiger partial charge in [0.25, 0.3) is 0 Å². The topological polar surface area (TPSA) is 86.8 Å². The van der Waals surface area contributed by atoms with E-state index in [9.17, 15) is 31.2 Å². The second-order valence-corrected chi connectivity index (χ2v) is 10.6. The minimum atomic E-state index is -4.47. The molecule has 0 spiro atoms. The summed E-state index contributed by atoms with van der Waals surface area (Å²) in [6.07, 6.45) is -4.47. The fourth-order valence-corrected chi connectivity index (χ4v) is 5.40. The highest BCUT2D eigenvalue weighted by atomic mass is 32.2. The lowest BCUT2D eigenvalue weighted by Gasteiger charge is -2.39. The Bertz CT molecular complexity index is 1160. The van der Waals surface area contributed by atoms with Gasteiger partial charge in [-0.05, 0) is 41.3 Å². The Labute approximate surface area is 203 Å². The normalized spacial score (nSPS) is 17.5. The van der Waals surface area contributed by atoms with Crippen LogP contribution in [0.25, 0.3) is 0 Å². The molecule has 190 valence electrons. The number of carbonyl (C=O) groups is 2. The molecule has 1 fully saturated rings. The molecule has 0 unspecified atom stereocenters. The predicted octanol–water partition coefficient (Wildman–Crippen LogP) is 3.37. The summed E-state index contributed by atoms with van der Waals surface area (Å²) >= 11 is 0. The molecule has 7 nitrogen and oxygen atoms in total. The van der Waals surface area contributed by atoms with E-state index in [-0.39, 0.29) is 42.9 Å². The van der Waals surface area contributed by atoms with Gasteiger partial charge in [-0.25, -0.2) is 8.42 Å². The Morgan fingerprint density at radius 2 is 1.63 bits per heavy atom. The Morgan fingerprint density at radius 3 is 2.14 bits per heavy atom. The van der Waals surface area contributed by atoms with Crippen molar-refractivity contribution in [2.75, 3.05) is 19.6 Å². The number of rotatable bonds is 6. The minimum absolute atomic E-state index is 0.0405. The lowest BCUT2D eigenvalue weighted by atomic mass is 10.0. The average Bonchev–Trinajstić information content (AvgIpc) is 2.81. The van der Waals surface area contributed by atoms with Gasteiger partial charge in [-0.15, -0.1) is 0 Å². The zero-order chi connectivity index (χ0) is 26.0. The summed E-state index contributed by atoms with van der Waals surface area (Å²) in [5.41, 5.74) is 0.582. The standard InChI is InChI=1S/C24H28F3N3O4S/c1-16(2)19-6-10-21(11-7-19)35(33,34)30-13-12-29(17(3)31)15-22(30)23(32)28-14-18-4-8-20(9-5-18)24(25,26)27/h4-11,16,22H,12-15H2,1-3H3,(H,28,32)/t22-/m1/s1. The van der Waals surface area contributed by atoms with Gasteiger partial charge in [-0.3, -0.25) is 9.59 Å². The molecule has 2 aromatic carbocycles. The first-order chi connectivity index (χ1) is 16.3. The van der Waals surface area contributed by atoms with E-state index in [1.807, 2.05) is 13.8 Å². The fraction of sp³-hybridized carbons (Fsp3) is 0.417. The maximum Gasteiger partial charge on any atom is 0.416 e. The van der Waals surface area contributed by atoms with Gasteiger partial charge in [-0.1, -0.05) is 38.1 Å². The minimum Gasteiger partial charge on any atom is -0.351 e. The van der Waals surface area contributed by atoms with Gasteiger partial charge < -0.3 is 10.2 Å². The zero-order valence-electron chi connectivity index (χ0n) is 19.7. The highest BCUT2D eigenvalue weighted by Crippen LogP contribution is 2.29. The third kappa shape index (κ3) is 6.21. The number of piperazine rings is 1. The Hall–Kier alpha value is -2.92. The molecular formula is C24H28F3N3O4S. The summed E-state index contributed by atoms with van der Waals surface area (Å²) in [6, 6.07) is 9.59. The van der Waals surface area contributed by atoms with Crippen molar-refractivity contribution in [3.63, 3.8) is 0 Å². The predicted molar refractivity (Wildman–Crippen MR) is 124 cm³/mol. The summed E-state index contributed by atoms with van der Waals surface area (Å²) in [5, 5.41) is 2.60. The van der Waals surface area contributed by atoms with Gasteiger partial charge in [0, 0.05) is 33.1 Å². The molecule has 1 aliphatic heterocycles. The molecule has 1 atom stereocenters. The molecule has 0 aromatic heterocycles. The molecule has 1 saturated heterocycles. The molecule has 0 bridgehead atoms. The van der Waals surface area contributed by atoms with Crippen molar-refractivity contribution in [2.24, 2.45) is 0 Å². The van der Waals surface area contributed by atoms with E-state index in [1.54, 1.807) is 12.1 Å². The van der Waals surface area contributed by atoms with E-state index in [4.69, 9.17) is 0 Å². The van der Waals surface area contributed by atoms with Crippen LogP contribution < -0.4 is 5.32 Å². The number of nitrogens with one attached hydrogen (secondary N) is 1. The van der Waals surface area contributed by atoms with Crippen LogP contribution in [0.3, 0.4) is 0 Å². The summed E-state index contributed by atoms with van der Waals surface area (Å²) in [6.45, 7) is 5.17. The molecule has 0 radical (unpaired) electrons. The molecule has 1 aliphatic rings. The van der Waals surface area contributed by atoms with Crippen LogP contribution in [0.5, 0.6) is 0 Å². The SMILES string of the molecule is CC(=O)N1CCN(S(=O)(=O)c2ccc(C(C)C)cc2)[C@@H](C(=O)NCc2ccc(C(F)(F)F)cc2)C1. The summed E-state index contributed by atoms with van der Waals surface area (Å²) < 4.78 is 66.2. The maximum atomic E-state index is 13.4. The lowest BCUT2D eigenvalue weighted by molar-refractivity contribution is -0.138. The number of benzene rings is 2. The maximum absolute atomic E-state index is 13.4. The van der Waals surface area contributed by atoms with Crippen LogP contribution in [0, 0.1) is 0 Å². The molecule has 3 rings (SSSR count). The van der Waals surface area contributed by atoms with E-state index in [1.165, 1.54) is 36.1 Å². The molecule has 0 saturated carbocycles. The molecule has 1 N–H and O–H groups in total. The van der Waals surface area contributed by atoms with Crippen LogP contribution in [-0.4, -0.2) is 55.1 Å². The van der Waals surface area contributed by atoms with Crippen molar-refractivity contribution in [2.45, 2.75) is 50.3 Å². The quantitative estimate of drug-likeness (QED) is 0.645.